The molecular weight excluding hydrogens is 615 g/mol. The minimum absolute atomic E-state index is 0.116. The summed E-state index contributed by atoms with van der Waals surface area (Å²) in [6.07, 6.45) is 0. The molecule has 49 heavy (non-hydrogen) atoms. The minimum atomic E-state index is -0.116. The second-order valence-electron chi connectivity index (χ2n) is 13.8. The zero-order valence-corrected chi connectivity index (χ0v) is 27.8. The van der Waals surface area contributed by atoms with Crippen molar-refractivity contribution in [3.8, 4) is 28.3 Å². The Hall–Kier alpha value is -5.84. The Labute approximate surface area is 286 Å². The molecule has 0 saturated heterocycles. The predicted molar refractivity (Wildman–Crippen MR) is 207 cm³/mol. The summed E-state index contributed by atoms with van der Waals surface area (Å²) >= 11 is 1.85. The highest BCUT2D eigenvalue weighted by atomic mass is 32.1. The number of rotatable bonds is 2. The van der Waals surface area contributed by atoms with E-state index in [4.69, 9.17) is 9.97 Å². The van der Waals surface area contributed by atoms with Gasteiger partial charge < -0.3 is 0 Å². The van der Waals surface area contributed by atoms with Crippen molar-refractivity contribution in [3.63, 3.8) is 0 Å². The second-order valence-corrected chi connectivity index (χ2v) is 14.9. The third kappa shape index (κ3) is 3.61. The highest BCUT2D eigenvalue weighted by molar-refractivity contribution is 7.26. The van der Waals surface area contributed by atoms with Crippen molar-refractivity contribution in [2.24, 2.45) is 0 Å². The van der Waals surface area contributed by atoms with Crippen molar-refractivity contribution < 1.29 is 0 Å². The lowest BCUT2D eigenvalue weighted by atomic mass is 9.82. The van der Waals surface area contributed by atoms with E-state index in [-0.39, 0.29) is 5.41 Å². The van der Waals surface area contributed by atoms with Gasteiger partial charge in [0, 0.05) is 47.3 Å². The lowest BCUT2D eigenvalue weighted by molar-refractivity contribution is 0.661. The van der Waals surface area contributed by atoms with E-state index in [1.165, 1.54) is 64.0 Å². The van der Waals surface area contributed by atoms with Crippen LogP contribution in [0.4, 0.5) is 0 Å². The molecule has 3 aromatic heterocycles. The number of hydrogen-bond acceptors (Lipinski definition) is 3. The summed E-state index contributed by atoms with van der Waals surface area (Å²) in [7, 11) is 0. The highest BCUT2D eigenvalue weighted by Crippen LogP contribution is 2.51. The number of benzene rings is 7. The maximum absolute atomic E-state index is 5.55. The minimum Gasteiger partial charge on any atom is -0.278 e. The van der Waals surface area contributed by atoms with Gasteiger partial charge >= 0.3 is 0 Å². The van der Waals surface area contributed by atoms with Crippen LogP contribution < -0.4 is 0 Å². The number of hydrogen-bond donors (Lipinski definition) is 0. The Morgan fingerprint density at radius 3 is 2.06 bits per heavy atom. The van der Waals surface area contributed by atoms with Gasteiger partial charge in [0.05, 0.1) is 22.2 Å². The molecule has 10 aromatic rings. The molecule has 0 saturated carbocycles. The molecule has 0 N–H and O–H groups in total. The summed E-state index contributed by atoms with van der Waals surface area (Å²) in [5.41, 5.74) is 10.5. The summed E-state index contributed by atoms with van der Waals surface area (Å²) in [4.78, 5) is 10.9. The second kappa shape index (κ2) is 9.62. The molecule has 1 aliphatic rings. The molecule has 1 aliphatic carbocycles. The van der Waals surface area contributed by atoms with Crippen molar-refractivity contribution in [2.45, 2.75) is 19.3 Å². The van der Waals surface area contributed by atoms with Crippen LogP contribution in [0.3, 0.4) is 0 Å². The van der Waals surface area contributed by atoms with Crippen molar-refractivity contribution in [3.05, 3.63) is 151 Å². The van der Waals surface area contributed by atoms with E-state index in [2.05, 4.69) is 158 Å². The maximum Gasteiger partial charge on any atom is 0.235 e. The van der Waals surface area contributed by atoms with Crippen molar-refractivity contribution >= 4 is 75.0 Å². The van der Waals surface area contributed by atoms with Crippen LogP contribution in [0.5, 0.6) is 0 Å². The first-order valence-electron chi connectivity index (χ1n) is 16.8. The average Bonchev–Trinajstić information content (AvgIpc) is 3.76. The fourth-order valence-electron chi connectivity index (χ4n) is 8.53. The number of thiophene rings is 1. The van der Waals surface area contributed by atoms with E-state index in [0.29, 0.717) is 5.95 Å². The fourth-order valence-corrected chi connectivity index (χ4v) is 9.70. The Bertz CT molecular complexity index is 3030. The Balaban J connectivity index is 1.25. The largest absolute Gasteiger partial charge is 0.278 e. The van der Waals surface area contributed by atoms with Crippen LogP contribution in [0.25, 0.3) is 92.0 Å². The third-order valence-corrected chi connectivity index (χ3v) is 11.9. The fraction of sp³-hybridized carbons (Fsp3) is 0.0667. The molecule has 0 radical (unpaired) electrons. The molecule has 0 amide bonds. The topological polar surface area (TPSA) is 30.7 Å². The van der Waals surface area contributed by atoms with E-state index in [1.807, 2.05) is 11.3 Å². The molecule has 0 bridgehead atoms. The number of fused-ring (bicyclic) bond motifs is 12. The molecule has 3 nitrogen and oxygen atoms in total. The molecule has 0 spiro atoms. The summed E-state index contributed by atoms with van der Waals surface area (Å²) in [6.45, 7) is 4.69. The van der Waals surface area contributed by atoms with E-state index in [9.17, 15) is 0 Å². The van der Waals surface area contributed by atoms with E-state index >= 15 is 0 Å². The lowest BCUT2D eigenvalue weighted by Crippen LogP contribution is -2.15. The van der Waals surface area contributed by atoms with Crippen LogP contribution in [-0.2, 0) is 5.41 Å². The normalized spacial score (nSPS) is 13.7. The van der Waals surface area contributed by atoms with E-state index in [0.717, 1.165) is 33.2 Å². The maximum atomic E-state index is 5.55. The lowest BCUT2D eigenvalue weighted by Gasteiger charge is -2.21. The van der Waals surface area contributed by atoms with Gasteiger partial charge in [0.1, 0.15) is 0 Å². The molecule has 11 rings (SSSR count). The molecule has 230 valence electrons. The van der Waals surface area contributed by atoms with E-state index in [1.54, 1.807) is 0 Å². The first kappa shape index (κ1) is 27.1. The first-order chi connectivity index (χ1) is 24.1. The van der Waals surface area contributed by atoms with Gasteiger partial charge in [0.15, 0.2) is 0 Å². The summed E-state index contributed by atoms with van der Waals surface area (Å²) in [6, 6.07) is 50.7. The van der Waals surface area contributed by atoms with Gasteiger partial charge in [0.25, 0.3) is 0 Å². The van der Waals surface area contributed by atoms with Crippen LogP contribution in [0.1, 0.15) is 25.0 Å². The Kier molecular flexibility index (Phi) is 5.33. The molecule has 7 aromatic carbocycles. The molecular formula is C45H29N3S. The van der Waals surface area contributed by atoms with Crippen LogP contribution in [0, 0.1) is 0 Å². The van der Waals surface area contributed by atoms with Crippen molar-refractivity contribution in [1.82, 2.24) is 14.5 Å². The van der Waals surface area contributed by atoms with Crippen LogP contribution in [0.15, 0.2) is 140 Å². The molecule has 4 heteroatoms. The zero-order chi connectivity index (χ0) is 32.4. The molecule has 0 fully saturated rings. The highest BCUT2D eigenvalue weighted by Gasteiger charge is 2.36. The Morgan fingerprint density at radius 2 is 1.18 bits per heavy atom. The van der Waals surface area contributed by atoms with Crippen LogP contribution >= 0.6 is 11.3 Å². The standard InChI is InChI=1S/C45H29N3S/c1-45(2)35-19-9-5-14-27(35)32-23-33-28-15-7-11-21-38(28)48(39(33)25-36(32)45)44-46-37-20-10-6-17-30(37)43(47-44)34-24-41-42(29-16-4-3-13-26(29)34)31-18-8-12-22-40(31)49-41/h3-25H,1-2H3. The number of nitrogens with zero attached hydrogens (tertiary/aromatic N) is 3. The predicted octanol–water partition coefficient (Wildman–Crippen LogP) is 12.2. The van der Waals surface area contributed by atoms with Gasteiger partial charge in [-0.25, -0.2) is 9.97 Å². The van der Waals surface area contributed by atoms with Crippen LogP contribution in [-0.4, -0.2) is 14.5 Å². The SMILES string of the molecule is CC1(C)c2ccccc2-c2cc3c4ccccc4n(-c4nc(-c5cc6sc7ccccc7c6c6ccccc56)c5ccccc5n4)c3cc21. The van der Waals surface area contributed by atoms with Gasteiger partial charge in [-0.3, -0.25) is 4.57 Å². The van der Waals surface area contributed by atoms with Gasteiger partial charge in [-0.2, -0.15) is 0 Å². The Morgan fingerprint density at radius 1 is 0.490 bits per heavy atom. The summed E-state index contributed by atoms with van der Waals surface area (Å²) in [5.74, 6) is 0.689. The van der Waals surface area contributed by atoms with Gasteiger partial charge in [-0.1, -0.05) is 117 Å². The molecule has 0 atom stereocenters. The molecule has 0 unspecified atom stereocenters. The first-order valence-corrected chi connectivity index (χ1v) is 17.7. The summed E-state index contributed by atoms with van der Waals surface area (Å²) < 4.78 is 4.87. The van der Waals surface area contributed by atoms with Gasteiger partial charge in [-0.15, -0.1) is 11.3 Å². The molecule has 3 heterocycles. The zero-order valence-electron chi connectivity index (χ0n) is 27.0. The monoisotopic (exact) mass is 643 g/mol. The summed E-state index contributed by atoms with van der Waals surface area (Å²) in [5, 5.41) is 8.56. The smallest absolute Gasteiger partial charge is 0.235 e. The van der Waals surface area contributed by atoms with Gasteiger partial charge in [-0.05, 0) is 69.4 Å². The average molecular weight is 644 g/mol. The van der Waals surface area contributed by atoms with Crippen LogP contribution in [0.2, 0.25) is 0 Å². The number of aromatic nitrogens is 3. The quantitative estimate of drug-likeness (QED) is 0.188. The van der Waals surface area contributed by atoms with E-state index < -0.39 is 0 Å². The molecule has 0 aliphatic heterocycles. The number of para-hydroxylation sites is 2. The van der Waals surface area contributed by atoms with Gasteiger partial charge in [0.2, 0.25) is 5.95 Å². The van der Waals surface area contributed by atoms with Crippen molar-refractivity contribution in [1.29, 1.82) is 0 Å². The third-order valence-electron chi connectivity index (χ3n) is 10.8. The van der Waals surface area contributed by atoms with Crippen molar-refractivity contribution in [2.75, 3.05) is 0 Å².